The van der Waals surface area contributed by atoms with Crippen LogP contribution in [0.3, 0.4) is 0 Å². The quantitative estimate of drug-likeness (QED) is 0.112. The smallest absolute Gasteiger partial charge is 0.394 e. The Kier molecular flexibility index (Phi) is 9.28. The Hall–Kier alpha value is -0.570. The minimum absolute atomic E-state index is 0.627. The van der Waals surface area contributed by atoms with Gasteiger partial charge in [0.1, 0.15) is 42.7 Å². The maximum Gasteiger partial charge on any atom is 0.397 e. The van der Waals surface area contributed by atoms with E-state index in [2.05, 4.69) is 14.1 Å². The Morgan fingerprint density at radius 1 is 0.967 bits per heavy atom. The second-order valence-electron chi connectivity index (χ2n) is 6.78. The molecule has 2 heterocycles. The summed E-state index contributed by atoms with van der Waals surface area (Å²) in [6, 6.07) is 0. The molecule has 0 radical (unpaired) electrons. The van der Waals surface area contributed by atoms with E-state index in [1.165, 1.54) is 6.92 Å². The first-order valence-corrected chi connectivity index (χ1v) is 10.1. The summed E-state index contributed by atoms with van der Waals surface area (Å²) in [5, 5.41) is 52.6. The van der Waals surface area contributed by atoms with Crippen molar-refractivity contribution in [3.05, 3.63) is 0 Å². The monoisotopic (exact) mass is 466 g/mol. The van der Waals surface area contributed by atoms with Gasteiger partial charge in [-0.15, -0.1) is 0 Å². The molecular formula is C14H26O15S. The zero-order chi connectivity index (χ0) is 22.6. The lowest BCUT2D eigenvalue weighted by atomic mass is 9.90. The van der Waals surface area contributed by atoms with Crippen LogP contribution in [-0.4, -0.2) is 114 Å². The second-order valence-corrected chi connectivity index (χ2v) is 7.87. The molecule has 16 heteroatoms. The first kappa shape index (κ1) is 25.7. The second kappa shape index (κ2) is 10.8. The molecule has 15 nitrogen and oxygen atoms in total. The van der Waals surface area contributed by atoms with Gasteiger partial charge in [0.25, 0.3) is 0 Å². The van der Waals surface area contributed by atoms with Crippen molar-refractivity contribution in [3.63, 3.8) is 0 Å². The van der Waals surface area contributed by atoms with Crippen LogP contribution in [0.25, 0.3) is 0 Å². The number of hydrogen-bond acceptors (Lipinski definition) is 14. The van der Waals surface area contributed by atoms with Crippen LogP contribution in [0.15, 0.2) is 0 Å². The van der Waals surface area contributed by atoms with Crippen LogP contribution in [0.1, 0.15) is 6.92 Å². The average Bonchev–Trinajstić information content (AvgIpc) is 2.69. The molecule has 2 saturated heterocycles. The molecule has 4 unspecified atom stereocenters. The molecule has 0 amide bonds. The average molecular weight is 466 g/mol. The molecule has 0 spiro atoms. The predicted octanol–water partition coefficient (Wildman–Crippen LogP) is -3.21. The maximum absolute atomic E-state index is 10.9. The molecule has 6 N–H and O–H groups in total. The fourth-order valence-corrected chi connectivity index (χ4v) is 3.59. The summed E-state index contributed by atoms with van der Waals surface area (Å²) in [6.07, 6.45) is -12.8. The van der Waals surface area contributed by atoms with Crippen LogP contribution in [0, 0.1) is 5.92 Å². The number of aliphatic hydroxyl groups excluding tert-OH is 4. The third-order valence-corrected chi connectivity index (χ3v) is 5.32. The molecule has 0 saturated carbocycles. The van der Waals surface area contributed by atoms with E-state index in [0.29, 0.717) is 0 Å². The molecule has 178 valence electrons. The van der Waals surface area contributed by atoms with Gasteiger partial charge >= 0.3 is 10.4 Å². The van der Waals surface area contributed by atoms with E-state index in [1.807, 2.05) is 0 Å². The molecule has 2 fully saturated rings. The van der Waals surface area contributed by atoms with Crippen LogP contribution in [0.5, 0.6) is 0 Å². The van der Waals surface area contributed by atoms with Crippen LogP contribution in [0.4, 0.5) is 0 Å². The number of hydrogen-bond donors (Lipinski definition) is 6. The molecule has 2 aliphatic heterocycles. The van der Waals surface area contributed by atoms with Gasteiger partial charge in [0.15, 0.2) is 12.6 Å². The van der Waals surface area contributed by atoms with Crippen molar-refractivity contribution < 1.29 is 71.7 Å². The van der Waals surface area contributed by atoms with Crippen molar-refractivity contribution in [2.24, 2.45) is 5.92 Å². The number of ether oxygens (including phenoxy) is 4. The van der Waals surface area contributed by atoms with Gasteiger partial charge in [-0.3, -0.25) is 4.55 Å². The zero-order valence-electron chi connectivity index (χ0n) is 16.0. The summed E-state index contributed by atoms with van der Waals surface area (Å²) in [6.45, 7) is 0.00971. The molecule has 2 aliphatic rings. The Labute approximate surface area is 171 Å². The Bertz CT molecular complexity index is 629. The minimum atomic E-state index is -4.87. The Balaban J connectivity index is 2.20. The molecular weight excluding hydrogens is 440 g/mol. The number of aliphatic hydroxyl groups is 4. The van der Waals surface area contributed by atoms with E-state index >= 15 is 0 Å². The molecule has 0 aromatic heterocycles. The van der Waals surface area contributed by atoms with Gasteiger partial charge in [0, 0.05) is 13.0 Å². The normalized spacial score (nSPS) is 42.9. The van der Waals surface area contributed by atoms with Gasteiger partial charge in [0.05, 0.1) is 13.2 Å². The summed E-state index contributed by atoms with van der Waals surface area (Å²) in [5.41, 5.74) is 0. The van der Waals surface area contributed by atoms with E-state index in [1.54, 1.807) is 0 Å². The van der Waals surface area contributed by atoms with Gasteiger partial charge < -0.3 is 39.4 Å². The lowest BCUT2D eigenvalue weighted by Gasteiger charge is -2.46. The van der Waals surface area contributed by atoms with E-state index in [-0.39, 0.29) is 0 Å². The predicted molar refractivity (Wildman–Crippen MR) is 89.6 cm³/mol. The lowest BCUT2D eigenvalue weighted by molar-refractivity contribution is -0.524. The first-order valence-electron chi connectivity index (χ1n) is 8.77. The van der Waals surface area contributed by atoms with E-state index < -0.39 is 84.8 Å². The van der Waals surface area contributed by atoms with Crippen molar-refractivity contribution in [2.75, 3.05) is 20.3 Å². The molecule has 30 heavy (non-hydrogen) atoms. The van der Waals surface area contributed by atoms with Crippen molar-refractivity contribution in [3.8, 4) is 0 Å². The summed E-state index contributed by atoms with van der Waals surface area (Å²) in [5.74, 6) is -0.820. The summed E-state index contributed by atoms with van der Waals surface area (Å²) < 4.78 is 56.0. The number of rotatable bonds is 9. The van der Waals surface area contributed by atoms with Crippen LogP contribution < -0.4 is 0 Å². The zero-order valence-corrected chi connectivity index (χ0v) is 16.8. The van der Waals surface area contributed by atoms with E-state index in [4.69, 9.17) is 28.8 Å². The van der Waals surface area contributed by atoms with E-state index in [9.17, 15) is 28.8 Å². The highest BCUT2D eigenvalue weighted by Gasteiger charge is 2.51. The molecule has 10 atom stereocenters. The van der Waals surface area contributed by atoms with Gasteiger partial charge in [-0.1, -0.05) is 12.0 Å². The fourth-order valence-electron chi connectivity index (χ4n) is 3.28. The third kappa shape index (κ3) is 6.02. The number of methoxy groups -OCH3 is 1. The third-order valence-electron chi connectivity index (χ3n) is 4.89. The standard InChI is InChI=1S/C14H26O15S/c1-5-8(16)14(25-6(3-15)11(5)28-29-19)27-12-7(4-24-30(20,21)22)26-13(23-2)10(18)9(12)17/h5-19H,3-4H2,1-2H3,(H,20,21,22)/t5-,6?,7?,8?,9-,10?,11-,12+,13+,14+/m1/s1. The van der Waals surface area contributed by atoms with Crippen molar-refractivity contribution in [1.29, 1.82) is 0 Å². The largest absolute Gasteiger partial charge is 0.397 e. The first-order chi connectivity index (χ1) is 14.0. The molecule has 0 aliphatic carbocycles. The van der Waals surface area contributed by atoms with Crippen LogP contribution >= 0.6 is 0 Å². The van der Waals surface area contributed by atoms with Crippen molar-refractivity contribution in [1.82, 2.24) is 0 Å². The summed E-state index contributed by atoms with van der Waals surface area (Å²) >= 11 is 0. The van der Waals surface area contributed by atoms with Gasteiger partial charge in [-0.2, -0.15) is 13.3 Å². The minimum Gasteiger partial charge on any atom is -0.394 e. The molecule has 2 rings (SSSR count). The van der Waals surface area contributed by atoms with Crippen LogP contribution in [0.2, 0.25) is 0 Å². The van der Waals surface area contributed by atoms with Crippen LogP contribution in [-0.2, 0) is 43.5 Å². The van der Waals surface area contributed by atoms with Crippen molar-refractivity contribution >= 4 is 10.4 Å². The van der Waals surface area contributed by atoms with E-state index in [0.717, 1.165) is 7.11 Å². The maximum atomic E-state index is 10.9. The highest BCUT2D eigenvalue weighted by Crippen LogP contribution is 2.32. The fraction of sp³-hybridized carbons (Fsp3) is 1.00. The highest BCUT2D eigenvalue weighted by molar-refractivity contribution is 7.80. The highest BCUT2D eigenvalue weighted by atomic mass is 32.3. The van der Waals surface area contributed by atoms with Gasteiger partial charge in [-0.25, -0.2) is 9.44 Å². The lowest BCUT2D eigenvalue weighted by Crippen LogP contribution is -2.63. The summed E-state index contributed by atoms with van der Waals surface area (Å²) in [7, 11) is -3.71. The van der Waals surface area contributed by atoms with Gasteiger partial charge in [-0.05, 0) is 0 Å². The van der Waals surface area contributed by atoms with Crippen molar-refractivity contribution in [2.45, 2.75) is 62.2 Å². The molecule has 0 bridgehead atoms. The topological polar surface area (TPSA) is 220 Å². The SMILES string of the molecule is CO[C@H]1OC(COS(=O)(=O)O)[C@H](O[C@@H]2OC(CO)[C@H](OOO)[C@H](C)C2O)[C@H](O)C1O. The summed E-state index contributed by atoms with van der Waals surface area (Å²) in [4.78, 5) is 4.58. The van der Waals surface area contributed by atoms with Gasteiger partial charge in [0.2, 0.25) is 0 Å². The Morgan fingerprint density at radius 3 is 2.13 bits per heavy atom. The Morgan fingerprint density at radius 2 is 1.60 bits per heavy atom. The molecule has 0 aromatic carbocycles. The molecule has 0 aromatic rings.